The number of para-hydroxylation sites is 1. The third-order valence-corrected chi connectivity index (χ3v) is 4.88. The summed E-state index contributed by atoms with van der Waals surface area (Å²) in [5, 5.41) is 5.99. The minimum atomic E-state index is -4.40. The van der Waals surface area contributed by atoms with Crippen LogP contribution >= 0.6 is 0 Å². The van der Waals surface area contributed by atoms with Crippen LogP contribution in [0.1, 0.15) is 31.0 Å². The van der Waals surface area contributed by atoms with Crippen LogP contribution in [0.5, 0.6) is 0 Å². The largest absolute Gasteiger partial charge is 0.416 e. The first-order valence-electron chi connectivity index (χ1n) is 9.64. The van der Waals surface area contributed by atoms with Crippen LogP contribution < -0.4 is 10.6 Å². The van der Waals surface area contributed by atoms with Gasteiger partial charge in [-0.15, -0.1) is 0 Å². The molecule has 0 aromatic heterocycles. The molecule has 0 heterocycles. The van der Waals surface area contributed by atoms with Crippen molar-refractivity contribution >= 4 is 11.6 Å². The van der Waals surface area contributed by atoms with Crippen LogP contribution in [-0.4, -0.2) is 11.9 Å². The van der Waals surface area contributed by atoms with E-state index in [-0.39, 0.29) is 5.91 Å². The maximum absolute atomic E-state index is 13.0. The molecule has 0 bridgehead atoms. The lowest BCUT2D eigenvalue weighted by molar-refractivity contribution is -0.137. The fourth-order valence-corrected chi connectivity index (χ4v) is 3.23. The third kappa shape index (κ3) is 5.27. The summed E-state index contributed by atoms with van der Waals surface area (Å²) in [5.41, 5.74) is 2.31. The Balaban J connectivity index is 1.70. The van der Waals surface area contributed by atoms with Gasteiger partial charge in [0, 0.05) is 17.3 Å². The minimum absolute atomic E-state index is 0.266. The van der Waals surface area contributed by atoms with E-state index in [1.165, 1.54) is 6.07 Å². The second-order valence-electron chi connectivity index (χ2n) is 7.13. The topological polar surface area (TPSA) is 41.1 Å². The van der Waals surface area contributed by atoms with Crippen molar-refractivity contribution in [3.05, 3.63) is 90.0 Å². The van der Waals surface area contributed by atoms with Gasteiger partial charge in [0.05, 0.1) is 11.6 Å². The molecule has 0 spiro atoms. The molecule has 3 nitrogen and oxygen atoms in total. The Morgan fingerprint density at radius 3 is 2.23 bits per heavy atom. The van der Waals surface area contributed by atoms with Gasteiger partial charge in [-0.05, 0) is 43.2 Å². The van der Waals surface area contributed by atoms with E-state index in [0.29, 0.717) is 11.3 Å². The van der Waals surface area contributed by atoms with E-state index >= 15 is 0 Å². The van der Waals surface area contributed by atoms with Gasteiger partial charge in [-0.1, -0.05) is 60.7 Å². The fourth-order valence-electron chi connectivity index (χ4n) is 3.23. The van der Waals surface area contributed by atoms with E-state index in [9.17, 15) is 18.0 Å². The van der Waals surface area contributed by atoms with Crippen LogP contribution in [-0.2, 0) is 11.0 Å². The molecule has 0 aliphatic carbocycles. The molecule has 0 radical (unpaired) electrons. The van der Waals surface area contributed by atoms with Gasteiger partial charge < -0.3 is 5.32 Å². The van der Waals surface area contributed by atoms with E-state index < -0.39 is 23.8 Å². The van der Waals surface area contributed by atoms with Gasteiger partial charge in [0.2, 0.25) is 5.91 Å². The monoisotopic (exact) mass is 412 g/mol. The van der Waals surface area contributed by atoms with Crippen molar-refractivity contribution in [2.24, 2.45) is 0 Å². The van der Waals surface area contributed by atoms with Crippen molar-refractivity contribution in [2.45, 2.75) is 32.1 Å². The zero-order valence-electron chi connectivity index (χ0n) is 16.7. The molecule has 30 heavy (non-hydrogen) atoms. The van der Waals surface area contributed by atoms with Crippen molar-refractivity contribution in [3.63, 3.8) is 0 Å². The zero-order chi connectivity index (χ0) is 21.7. The quantitative estimate of drug-likeness (QED) is 0.517. The van der Waals surface area contributed by atoms with Crippen molar-refractivity contribution in [1.82, 2.24) is 5.32 Å². The molecule has 0 saturated carbocycles. The highest BCUT2D eigenvalue weighted by atomic mass is 19.4. The molecule has 0 fully saturated rings. The number of hydrogen-bond donors (Lipinski definition) is 2. The third-order valence-electron chi connectivity index (χ3n) is 4.88. The standard InChI is InChI=1S/C24H23F3N2O/c1-16(19-11-8-12-20(15-19)24(25,26)27)28-17(2)23(30)29-22-14-7-6-13-21(22)18-9-4-3-5-10-18/h3-17,28H,1-2H3,(H,29,30)/t16-,17+/m1/s1. The molecule has 2 atom stereocenters. The molecule has 3 rings (SSSR count). The number of halogens is 3. The first-order chi connectivity index (χ1) is 14.3. The number of hydrogen-bond acceptors (Lipinski definition) is 2. The number of carbonyl (C=O) groups is 1. The molecule has 0 saturated heterocycles. The number of alkyl halides is 3. The SMILES string of the molecule is C[C@H](N[C@H](C)c1cccc(C(F)(F)F)c1)C(=O)Nc1ccccc1-c1ccccc1. The summed E-state index contributed by atoms with van der Waals surface area (Å²) >= 11 is 0. The molecule has 1 amide bonds. The number of amides is 1. The summed E-state index contributed by atoms with van der Waals surface area (Å²) in [5.74, 6) is -0.266. The summed E-state index contributed by atoms with van der Waals surface area (Å²) in [4.78, 5) is 12.7. The highest BCUT2D eigenvalue weighted by Crippen LogP contribution is 2.31. The lowest BCUT2D eigenvalue weighted by atomic mass is 10.0. The smallest absolute Gasteiger partial charge is 0.324 e. The summed E-state index contributed by atoms with van der Waals surface area (Å²) in [6, 6.07) is 21.3. The van der Waals surface area contributed by atoms with Crippen molar-refractivity contribution in [3.8, 4) is 11.1 Å². The lowest BCUT2D eigenvalue weighted by Gasteiger charge is -2.21. The molecular weight excluding hydrogens is 389 g/mol. The Labute approximate surface area is 173 Å². The van der Waals surface area contributed by atoms with Crippen molar-refractivity contribution in [1.29, 1.82) is 0 Å². The minimum Gasteiger partial charge on any atom is -0.324 e. The molecule has 156 valence electrons. The number of benzene rings is 3. The van der Waals surface area contributed by atoms with E-state index in [0.717, 1.165) is 23.3 Å². The Bertz CT molecular complexity index is 1000. The Morgan fingerprint density at radius 2 is 1.53 bits per heavy atom. The van der Waals surface area contributed by atoms with E-state index in [1.807, 2.05) is 54.6 Å². The maximum Gasteiger partial charge on any atom is 0.416 e. The highest BCUT2D eigenvalue weighted by molar-refractivity contribution is 5.98. The number of rotatable bonds is 6. The molecule has 0 aliphatic heterocycles. The molecule has 0 aliphatic rings. The predicted molar refractivity (Wildman–Crippen MR) is 113 cm³/mol. The summed E-state index contributed by atoms with van der Waals surface area (Å²) in [6.07, 6.45) is -4.40. The summed E-state index contributed by atoms with van der Waals surface area (Å²) in [6.45, 7) is 3.42. The van der Waals surface area contributed by atoms with Gasteiger partial charge in [0.1, 0.15) is 0 Å². The average molecular weight is 412 g/mol. The van der Waals surface area contributed by atoms with Crippen LogP contribution in [0.3, 0.4) is 0 Å². The maximum atomic E-state index is 13.0. The highest BCUT2D eigenvalue weighted by Gasteiger charge is 2.31. The second kappa shape index (κ2) is 9.13. The van der Waals surface area contributed by atoms with E-state index in [2.05, 4.69) is 10.6 Å². The van der Waals surface area contributed by atoms with Gasteiger partial charge in [0.25, 0.3) is 0 Å². The average Bonchev–Trinajstić information content (AvgIpc) is 2.74. The molecule has 2 N–H and O–H groups in total. The number of carbonyl (C=O) groups excluding carboxylic acids is 1. The van der Waals surface area contributed by atoms with E-state index in [4.69, 9.17) is 0 Å². The van der Waals surface area contributed by atoms with Gasteiger partial charge in [0.15, 0.2) is 0 Å². The fraction of sp³-hybridized carbons (Fsp3) is 0.208. The van der Waals surface area contributed by atoms with Gasteiger partial charge in [-0.3, -0.25) is 10.1 Å². The van der Waals surface area contributed by atoms with Crippen LogP contribution in [0.25, 0.3) is 11.1 Å². The van der Waals surface area contributed by atoms with Crippen LogP contribution in [0, 0.1) is 0 Å². The van der Waals surface area contributed by atoms with Gasteiger partial charge in [-0.2, -0.15) is 13.2 Å². The number of nitrogens with one attached hydrogen (secondary N) is 2. The van der Waals surface area contributed by atoms with Crippen LogP contribution in [0.2, 0.25) is 0 Å². The molecule has 3 aromatic rings. The van der Waals surface area contributed by atoms with Gasteiger partial charge >= 0.3 is 6.18 Å². The van der Waals surface area contributed by atoms with Crippen LogP contribution in [0.15, 0.2) is 78.9 Å². The van der Waals surface area contributed by atoms with Gasteiger partial charge in [-0.25, -0.2) is 0 Å². The van der Waals surface area contributed by atoms with E-state index in [1.54, 1.807) is 19.9 Å². The Hall–Kier alpha value is -3.12. The Kier molecular flexibility index (Phi) is 6.57. The first-order valence-corrected chi connectivity index (χ1v) is 9.64. The zero-order valence-corrected chi connectivity index (χ0v) is 16.7. The molecule has 6 heteroatoms. The normalized spacial score (nSPS) is 13.5. The molecule has 0 unspecified atom stereocenters. The number of anilines is 1. The summed E-state index contributed by atoms with van der Waals surface area (Å²) in [7, 11) is 0. The molecular formula is C24H23F3N2O. The second-order valence-corrected chi connectivity index (χ2v) is 7.13. The Morgan fingerprint density at radius 1 is 0.867 bits per heavy atom. The first kappa shape index (κ1) is 21.6. The summed E-state index contributed by atoms with van der Waals surface area (Å²) < 4.78 is 38.9. The van der Waals surface area contributed by atoms with Crippen molar-refractivity contribution in [2.75, 3.05) is 5.32 Å². The van der Waals surface area contributed by atoms with Crippen molar-refractivity contribution < 1.29 is 18.0 Å². The molecule has 3 aromatic carbocycles. The lowest BCUT2D eigenvalue weighted by Crippen LogP contribution is -2.39. The van der Waals surface area contributed by atoms with Crippen LogP contribution in [0.4, 0.5) is 18.9 Å². The predicted octanol–water partition coefficient (Wildman–Crippen LogP) is 6.05.